The van der Waals surface area contributed by atoms with E-state index >= 15 is 0 Å². The first kappa shape index (κ1) is 40.8. The third kappa shape index (κ3) is 16.8. The van der Waals surface area contributed by atoms with E-state index in [1.165, 1.54) is 24.3 Å². The Kier molecular flexibility index (Phi) is 23.5. The minimum atomic E-state index is -0.437. The van der Waals surface area contributed by atoms with E-state index in [1.54, 1.807) is 73.1 Å². The molecule has 0 heterocycles. The van der Waals surface area contributed by atoms with Gasteiger partial charge in [-0.15, -0.1) is 0 Å². The number of nitro groups is 2. The smallest absolute Gasteiger partial charge is 0.269 e. The number of nitro benzene ring substituents is 2. The van der Waals surface area contributed by atoms with E-state index in [4.69, 9.17) is 11.5 Å². The predicted octanol–water partition coefficient (Wildman–Crippen LogP) is 9.96. The molecule has 0 aliphatic carbocycles. The predicted molar refractivity (Wildman–Crippen MR) is 188 cm³/mol. The van der Waals surface area contributed by atoms with Crippen molar-refractivity contribution in [2.45, 2.75) is 55.4 Å². The van der Waals surface area contributed by atoms with Gasteiger partial charge in [0.25, 0.3) is 11.4 Å². The fraction of sp³-hybridized carbons (Fsp3) is 0.235. The molecule has 0 radical (unpaired) electrons. The summed E-state index contributed by atoms with van der Waals surface area (Å²) in [5, 5.41) is 21.0. The average Bonchev–Trinajstić information content (AvgIpc) is 3.08. The molecule has 236 valence electrons. The first-order valence-corrected chi connectivity index (χ1v) is 14.6. The van der Waals surface area contributed by atoms with E-state index in [0.29, 0.717) is 17.1 Å². The van der Waals surface area contributed by atoms with Crippen LogP contribution in [0.3, 0.4) is 0 Å². The normalized spacial score (nSPS) is 9.27. The molecule has 4 aromatic rings. The molecule has 4 rings (SSSR count). The van der Waals surface area contributed by atoms with Crippen molar-refractivity contribution in [3.63, 3.8) is 0 Å². The van der Waals surface area contributed by atoms with Crippen molar-refractivity contribution in [3.05, 3.63) is 128 Å². The van der Waals surface area contributed by atoms with Crippen molar-refractivity contribution in [3.8, 4) is 0 Å². The second kappa shape index (κ2) is 25.3. The Morgan fingerprint density at radius 1 is 0.477 bits per heavy atom. The van der Waals surface area contributed by atoms with Gasteiger partial charge in [0.2, 0.25) is 0 Å². The lowest BCUT2D eigenvalue weighted by Gasteiger charge is -1.95. The third-order valence-corrected chi connectivity index (χ3v) is 4.72. The molecule has 0 aliphatic rings. The summed E-state index contributed by atoms with van der Waals surface area (Å²) in [4.78, 5) is 28.6. The van der Waals surface area contributed by atoms with Gasteiger partial charge in [0, 0.05) is 48.1 Å². The number of nitrogen functional groups attached to an aromatic ring is 2. The number of benzene rings is 4. The molecule has 10 nitrogen and oxygen atoms in total. The van der Waals surface area contributed by atoms with Gasteiger partial charge in [-0.05, 0) is 71.8 Å². The Balaban J connectivity index is 0. The lowest BCUT2D eigenvalue weighted by Crippen LogP contribution is -1.88. The molecule has 0 spiro atoms. The van der Waals surface area contributed by atoms with Crippen LogP contribution in [0.4, 0.5) is 34.1 Å². The molecular weight excluding hydrogens is 556 g/mol. The number of non-ortho nitro benzene ring substituents is 2. The molecule has 0 unspecified atom stereocenters. The molecule has 0 aromatic heterocycles. The molecule has 0 bridgehead atoms. The van der Waals surface area contributed by atoms with Gasteiger partial charge in [0.15, 0.2) is 0 Å². The molecule has 4 aromatic carbocycles. The monoisotopic (exact) mass is 602 g/mol. The minimum absolute atomic E-state index is 0.0569. The zero-order chi connectivity index (χ0) is 33.9. The molecule has 0 aliphatic heterocycles. The number of rotatable bonds is 6. The van der Waals surface area contributed by atoms with Crippen molar-refractivity contribution in [1.29, 1.82) is 0 Å². The van der Waals surface area contributed by atoms with E-state index in [1.807, 2.05) is 67.5 Å². The number of hydrogen-bond donors (Lipinski definition) is 2. The fourth-order valence-electron chi connectivity index (χ4n) is 2.78. The molecule has 0 saturated heterocycles. The number of aliphatic imine (C=N–C) groups is 2. The van der Waals surface area contributed by atoms with Crippen LogP contribution in [0.25, 0.3) is 0 Å². The summed E-state index contributed by atoms with van der Waals surface area (Å²) in [6, 6.07) is 26.7. The number of nitrogens with two attached hydrogens (primary N) is 2. The SMILES string of the molecule is CC.CC.CC.CC.Nc1ccc(C=Nc2ccc([N+](=O)[O-])cc2)cc1.Nc1ccc(N=Cc2ccc([N+](=O)[O-])cc2)cc1. The van der Waals surface area contributed by atoms with E-state index in [9.17, 15) is 20.2 Å². The van der Waals surface area contributed by atoms with Crippen LogP contribution in [0, 0.1) is 20.2 Å². The third-order valence-electron chi connectivity index (χ3n) is 4.72. The van der Waals surface area contributed by atoms with Gasteiger partial charge in [0.05, 0.1) is 21.2 Å². The molecule has 0 saturated carbocycles. The lowest BCUT2D eigenvalue weighted by molar-refractivity contribution is -0.385. The Morgan fingerprint density at radius 2 is 0.727 bits per heavy atom. The van der Waals surface area contributed by atoms with E-state index in [-0.39, 0.29) is 11.4 Å². The Hall–Kier alpha value is -5.38. The van der Waals surface area contributed by atoms with Gasteiger partial charge in [-0.25, -0.2) is 0 Å². The van der Waals surface area contributed by atoms with Crippen LogP contribution in [-0.4, -0.2) is 22.3 Å². The van der Waals surface area contributed by atoms with E-state index in [0.717, 1.165) is 16.8 Å². The van der Waals surface area contributed by atoms with Gasteiger partial charge in [-0.3, -0.25) is 30.2 Å². The van der Waals surface area contributed by atoms with Crippen LogP contribution in [0.15, 0.2) is 107 Å². The quantitative estimate of drug-likeness (QED) is 0.0964. The molecule has 0 atom stereocenters. The first-order chi connectivity index (χ1) is 21.3. The first-order valence-electron chi connectivity index (χ1n) is 14.6. The summed E-state index contributed by atoms with van der Waals surface area (Å²) < 4.78 is 0. The van der Waals surface area contributed by atoms with E-state index in [2.05, 4.69) is 9.98 Å². The zero-order valence-corrected chi connectivity index (χ0v) is 27.0. The van der Waals surface area contributed by atoms with Crippen LogP contribution in [0.5, 0.6) is 0 Å². The maximum absolute atomic E-state index is 10.5. The second-order valence-electron chi connectivity index (χ2n) is 7.40. The summed E-state index contributed by atoms with van der Waals surface area (Å²) >= 11 is 0. The van der Waals surface area contributed by atoms with Crippen LogP contribution in [0.1, 0.15) is 66.5 Å². The summed E-state index contributed by atoms with van der Waals surface area (Å²) in [5.74, 6) is 0. The van der Waals surface area contributed by atoms with Crippen molar-refractivity contribution in [1.82, 2.24) is 0 Å². The van der Waals surface area contributed by atoms with Crippen LogP contribution in [0.2, 0.25) is 0 Å². The van der Waals surface area contributed by atoms with Crippen molar-refractivity contribution in [2.24, 2.45) is 9.98 Å². The molecule has 10 heteroatoms. The number of anilines is 2. The van der Waals surface area contributed by atoms with Gasteiger partial charge in [-0.2, -0.15) is 0 Å². The van der Waals surface area contributed by atoms with Gasteiger partial charge >= 0.3 is 0 Å². The van der Waals surface area contributed by atoms with E-state index < -0.39 is 9.85 Å². The highest BCUT2D eigenvalue weighted by Gasteiger charge is 2.03. The number of hydrogen-bond acceptors (Lipinski definition) is 8. The van der Waals surface area contributed by atoms with Crippen LogP contribution in [-0.2, 0) is 0 Å². The largest absolute Gasteiger partial charge is 0.399 e. The summed E-state index contributed by atoms with van der Waals surface area (Å²) in [7, 11) is 0. The summed E-state index contributed by atoms with van der Waals surface area (Å²) in [6.07, 6.45) is 3.33. The van der Waals surface area contributed by atoms with Crippen molar-refractivity contribution in [2.75, 3.05) is 11.5 Å². The average molecular weight is 603 g/mol. The fourth-order valence-corrected chi connectivity index (χ4v) is 2.78. The van der Waals surface area contributed by atoms with Gasteiger partial charge in [0.1, 0.15) is 0 Å². The van der Waals surface area contributed by atoms with Crippen molar-refractivity contribution >= 4 is 46.6 Å². The van der Waals surface area contributed by atoms with Gasteiger partial charge in [-0.1, -0.05) is 67.5 Å². The maximum Gasteiger partial charge on any atom is 0.269 e. The highest BCUT2D eigenvalue weighted by atomic mass is 16.6. The second-order valence-corrected chi connectivity index (χ2v) is 7.40. The van der Waals surface area contributed by atoms with Crippen molar-refractivity contribution < 1.29 is 9.85 Å². The highest BCUT2D eigenvalue weighted by Crippen LogP contribution is 2.18. The number of nitrogens with zero attached hydrogens (tertiary/aromatic N) is 4. The molecule has 44 heavy (non-hydrogen) atoms. The molecule has 0 fully saturated rings. The van der Waals surface area contributed by atoms with Gasteiger partial charge < -0.3 is 11.5 Å². The van der Waals surface area contributed by atoms with Crippen LogP contribution < -0.4 is 11.5 Å². The molecular formula is C34H46N6O4. The summed E-state index contributed by atoms with van der Waals surface area (Å²) in [6.45, 7) is 16.0. The Labute approximate surface area is 261 Å². The molecule has 4 N–H and O–H groups in total. The summed E-state index contributed by atoms with van der Waals surface area (Å²) in [5.41, 5.74) is 15.8. The molecule has 0 amide bonds. The Bertz CT molecular complexity index is 1260. The standard InChI is InChI=1S/2C13H11N3O2.4C2H6/c14-11-3-5-12(6-4-11)15-9-10-1-7-13(8-2-10)16(17)18;14-11-3-1-10(2-4-11)9-15-12-5-7-13(8-6-12)16(17)18;4*1-2/h2*1-9H,14H2;4*1-2H3. The van der Waals surface area contributed by atoms with Crippen LogP contribution >= 0.6 is 0 Å². The topological polar surface area (TPSA) is 163 Å². The Morgan fingerprint density at radius 3 is 1.05 bits per heavy atom. The highest BCUT2D eigenvalue weighted by molar-refractivity contribution is 5.83. The maximum atomic E-state index is 10.5. The minimum Gasteiger partial charge on any atom is -0.399 e. The lowest BCUT2D eigenvalue weighted by atomic mass is 10.2. The zero-order valence-electron chi connectivity index (χ0n) is 27.0.